The van der Waals surface area contributed by atoms with Crippen LogP contribution in [0.5, 0.6) is 0 Å². The van der Waals surface area contributed by atoms with Crippen LogP contribution in [0.15, 0.2) is 0 Å². The summed E-state index contributed by atoms with van der Waals surface area (Å²) in [6.07, 6.45) is -8.07. The molecule has 2 aliphatic heterocycles. The number of likely N-dealkylation sites (N-methyl/N-ethyl adjacent to an activating group) is 2. The third-order valence-electron chi connectivity index (χ3n) is 6.26. The van der Waals surface area contributed by atoms with Gasteiger partial charge in [-0.1, -0.05) is 0 Å². The van der Waals surface area contributed by atoms with Gasteiger partial charge in [0.2, 0.25) is 6.29 Å². The Hall–Kier alpha value is -0.970. The first-order valence-corrected chi connectivity index (χ1v) is 10.8. The van der Waals surface area contributed by atoms with Crippen LogP contribution in [0.2, 0.25) is 0 Å². The highest BCUT2D eigenvalue weighted by molar-refractivity contribution is 5.71. The molecule has 0 aromatic carbocycles. The van der Waals surface area contributed by atoms with Crippen molar-refractivity contribution in [3.63, 3.8) is 0 Å². The van der Waals surface area contributed by atoms with E-state index in [0.717, 1.165) is 0 Å². The molecule has 0 spiro atoms. The van der Waals surface area contributed by atoms with E-state index in [4.69, 9.17) is 24.1 Å². The van der Waals surface area contributed by atoms with E-state index in [0.29, 0.717) is 0 Å². The van der Waals surface area contributed by atoms with Gasteiger partial charge in [-0.2, -0.15) is 0 Å². The molecule has 2 heterocycles. The van der Waals surface area contributed by atoms with Crippen LogP contribution < -0.4 is 10.6 Å². The summed E-state index contributed by atoms with van der Waals surface area (Å²) in [6.45, 7) is 0.424. The number of carbonyl (C=O) groups is 1. The van der Waals surface area contributed by atoms with E-state index in [2.05, 4.69) is 0 Å². The first kappa shape index (κ1) is 27.3. The van der Waals surface area contributed by atoms with Crippen molar-refractivity contribution in [1.82, 2.24) is 0 Å². The van der Waals surface area contributed by atoms with Crippen LogP contribution in [0.4, 0.5) is 0 Å². The summed E-state index contributed by atoms with van der Waals surface area (Å²) in [5.74, 6) is -1.80. The fourth-order valence-electron chi connectivity index (χ4n) is 4.33. The number of ether oxygens (including phenoxy) is 4. The Morgan fingerprint density at radius 1 is 0.938 bits per heavy atom. The van der Waals surface area contributed by atoms with Crippen molar-refractivity contribution in [2.24, 2.45) is 5.92 Å². The fraction of sp³-hybridized carbons (Fsp3) is 0.947. The van der Waals surface area contributed by atoms with Crippen molar-refractivity contribution < 1.29 is 65.0 Å². The minimum Gasteiger partial charge on any atom is -0.479 e. The number of carboxylic acids is 1. The normalized spacial score (nSPS) is 41.4. The Bertz CT molecular complexity index is 585. The molecule has 2 aliphatic rings. The van der Waals surface area contributed by atoms with Crippen LogP contribution in [0, 0.1) is 5.92 Å². The van der Waals surface area contributed by atoms with Gasteiger partial charge in [0.1, 0.15) is 36.6 Å². The van der Waals surface area contributed by atoms with Crippen molar-refractivity contribution >= 4 is 5.97 Å². The highest BCUT2D eigenvalue weighted by Gasteiger charge is 2.50. The van der Waals surface area contributed by atoms with Crippen LogP contribution in [0.3, 0.4) is 0 Å². The lowest BCUT2D eigenvalue weighted by Gasteiger charge is -2.43. The van der Waals surface area contributed by atoms with Crippen LogP contribution in [0.25, 0.3) is 0 Å². The molecule has 0 aliphatic carbocycles. The van der Waals surface area contributed by atoms with Gasteiger partial charge in [-0.15, -0.1) is 0 Å². The molecule has 5 unspecified atom stereocenters. The highest BCUT2D eigenvalue weighted by Crippen LogP contribution is 2.26. The van der Waals surface area contributed by atoms with Crippen molar-refractivity contribution in [1.29, 1.82) is 0 Å². The summed E-state index contributed by atoms with van der Waals surface area (Å²) in [5, 5.41) is 62.8. The van der Waals surface area contributed by atoms with E-state index in [1.807, 2.05) is 0 Å². The van der Waals surface area contributed by atoms with Gasteiger partial charge in [0.05, 0.1) is 46.6 Å². The summed E-state index contributed by atoms with van der Waals surface area (Å²) < 4.78 is 22.5. The molecular weight excluding hydrogens is 432 g/mol. The van der Waals surface area contributed by atoms with Gasteiger partial charge in [-0.05, 0) is 6.92 Å². The molecule has 0 aromatic heterocycles. The Morgan fingerprint density at radius 2 is 1.56 bits per heavy atom. The van der Waals surface area contributed by atoms with Crippen LogP contribution in [0.1, 0.15) is 6.92 Å². The molecule has 2 fully saturated rings. The zero-order valence-corrected chi connectivity index (χ0v) is 18.6. The van der Waals surface area contributed by atoms with Crippen molar-refractivity contribution in [3.8, 4) is 0 Å². The van der Waals surface area contributed by atoms with Crippen molar-refractivity contribution in [2.45, 2.75) is 68.0 Å². The van der Waals surface area contributed by atoms with Gasteiger partial charge in [0.25, 0.3) is 0 Å². The van der Waals surface area contributed by atoms with E-state index in [9.17, 15) is 30.3 Å². The second kappa shape index (κ2) is 12.5. The number of aliphatic hydroxyl groups excluding tert-OH is 5. The average molecular weight is 471 g/mol. The third-order valence-corrected chi connectivity index (χ3v) is 6.26. The summed E-state index contributed by atoms with van der Waals surface area (Å²) in [6, 6.07) is -1.17. The molecule has 10 N–H and O–H groups in total. The molecule has 11 atom stereocenters. The third kappa shape index (κ3) is 6.12. The Morgan fingerprint density at radius 3 is 2.09 bits per heavy atom. The van der Waals surface area contributed by atoms with E-state index < -0.39 is 86.2 Å². The number of quaternary nitrogens is 2. The van der Waals surface area contributed by atoms with Crippen LogP contribution in [-0.2, 0) is 23.7 Å². The number of carboxylic acid groups (broad SMARTS) is 1. The number of aliphatic hydroxyl groups is 5. The fourth-order valence-corrected chi connectivity index (χ4v) is 4.33. The van der Waals surface area contributed by atoms with Gasteiger partial charge >= 0.3 is 5.97 Å². The number of nitrogens with two attached hydrogens (primary N) is 2. The molecule has 2 rings (SSSR count). The standard InChI is InChI=1S/C19H36N2O11/c1-8(18(26)27)30-17-13(20-2)12(31-11(5-23)16(17)25)7-29-6-9-10(4-22)32-19(28)14(21-3)15(9)24/h8-17,19-25,28H,4-7H2,1-3H3,(H,26,27)/p+2/t8?,9-,10?,11?,12+,13?,14?,15-,16-,17+,19-/m1/s1. The molecule has 13 nitrogen and oxygen atoms in total. The highest BCUT2D eigenvalue weighted by atomic mass is 16.6. The van der Waals surface area contributed by atoms with Crippen molar-refractivity contribution in [3.05, 3.63) is 0 Å². The molecule has 188 valence electrons. The molecular formula is C19H38N2O11+2. The number of rotatable bonds is 11. The van der Waals surface area contributed by atoms with E-state index in [-0.39, 0.29) is 13.2 Å². The zero-order chi connectivity index (χ0) is 24.0. The quantitative estimate of drug-likeness (QED) is 0.142. The SMILES string of the molecule is C[NH2+]C1[C@H](O)OC(CO)[C@@H](COC[C@@H]2OC(CO)[C@@H](O)[C@@H](OC(C)C(=O)O)C2[NH2+]C)[C@H]1O. The van der Waals surface area contributed by atoms with Gasteiger partial charge in [0.15, 0.2) is 12.1 Å². The molecule has 0 saturated carbocycles. The second-order valence-corrected chi connectivity index (χ2v) is 8.23. The maximum atomic E-state index is 11.2. The van der Waals surface area contributed by atoms with E-state index >= 15 is 0 Å². The molecule has 32 heavy (non-hydrogen) atoms. The minimum atomic E-state index is -1.24. The number of hydrogen-bond acceptors (Lipinski definition) is 10. The van der Waals surface area contributed by atoms with Crippen molar-refractivity contribution in [2.75, 3.05) is 40.5 Å². The van der Waals surface area contributed by atoms with Crippen LogP contribution in [-0.4, -0.2) is 138 Å². The lowest BCUT2D eigenvalue weighted by molar-refractivity contribution is -0.694. The first-order chi connectivity index (χ1) is 15.2. The smallest absolute Gasteiger partial charge is 0.332 e. The molecule has 2 saturated heterocycles. The molecule has 0 amide bonds. The lowest BCUT2D eigenvalue weighted by atomic mass is 9.88. The average Bonchev–Trinajstić information content (AvgIpc) is 2.76. The van der Waals surface area contributed by atoms with Gasteiger partial charge in [0, 0.05) is 5.92 Å². The minimum absolute atomic E-state index is 0.00995. The predicted molar refractivity (Wildman–Crippen MR) is 105 cm³/mol. The Balaban J connectivity index is 2.06. The second-order valence-electron chi connectivity index (χ2n) is 8.23. The van der Waals surface area contributed by atoms with E-state index in [1.54, 1.807) is 24.7 Å². The number of hydrogen-bond donors (Lipinski definition) is 8. The Labute approximate surface area is 186 Å². The first-order valence-electron chi connectivity index (χ1n) is 10.8. The summed E-state index contributed by atoms with van der Waals surface area (Å²) in [7, 11) is 3.41. The predicted octanol–water partition coefficient (Wildman–Crippen LogP) is -6.21. The zero-order valence-electron chi connectivity index (χ0n) is 18.6. The summed E-state index contributed by atoms with van der Waals surface area (Å²) >= 11 is 0. The maximum absolute atomic E-state index is 11.2. The van der Waals surface area contributed by atoms with Gasteiger partial charge in [-0.25, -0.2) is 4.79 Å². The topological polar surface area (TPSA) is 209 Å². The monoisotopic (exact) mass is 470 g/mol. The van der Waals surface area contributed by atoms with E-state index in [1.165, 1.54) is 6.92 Å². The van der Waals surface area contributed by atoms with Gasteiger partial charge in [-0.3, -0.25) is 0 Å². The molecule has 0 radical (unpaired) electrons. The summed E-state index contributed by atoms with van der Waals surface area (Å²) in [4.78, 5) is 11.2. The molecule has 0 bridgehead atoms. The summed E-state index contributed by atoms with van der Waals surface area (Å²) in [5.41, 5.74) is 0. The molecule has 0 aromatic rings. The van der Waals surface area contributed by atoms with Crippen LogP contribution >= 0.6 is 0 Å². The van der Waals surface area contributed by atoms with Gasteiger partial charge < -0.3 is 60.2 Å². The number of aliphatic carboxylic acids is 1. The lowest BCUT2D eigenvalue weighted by Crippen LogP contribution is -2.94. The molecule has 13 heteroatoms. The largest absolute Gasteiger partial charge is 0.479 e. The Kier molecular flexibility index (Phi) is 10.6. The maximum Gasteiger partial charge on any atom is 0.332 e.